The summed E-state index contributed by atoms with van der Waals surface area (Å²) in [4.78, 5) is 18.7. The Bertz CT molecular complexity index is 809. The molecule has 1 saturated heterocycles. The predicted molar refractivity (Wildman–Crippen MR) is 102 cm³/mol. The summed E-state index contributed by atoms with van der Waals surface area (Å²) in [5, 5.41) is 9.02. The van der Waals surface area contributed by atoms with Crippen molar-refractivity contribution in [1.82, 2.24) is 34.0 Å². The van der Waals surface area contributed by atoms with Gasteiger partial charge in [0.15, 0.2) is 5.82 Å². The third-order valence-corrected chi connectivity index (χ3v) is 5.73. The molecule has 4 heterocycles. The van der Waals surface area contributed by atoms with Crippen molar-refractivity contribution in [2.75, 3.05) is 27.2 Å². The second kappa shape index (κ2) is 7.34. The van der Waals surface area contributed by atoms with E-state index in [9.17, 15) is 4.79 Å². The largest absolute Gasteiger partial charge is 0.353 e. The molecular formula is C19H29N7O. The number of hydrogen-bond acceptors (Lipinski definition) is 4. The predicted octanol–water partition coefficient (Wildman–Crippen LogP) is 1.84. The molecule has 0 aromatic carbocycles. The maximum absolute atomic E-state index is 12.6. The summed E-state index contributed by atoms with van der Waals surface area (Å²) in [6, 6.07) is 4.35. The molecule has 0 aliphatic carbocycles. The van der Waals surface area contributed by atoms with Gasteiger partial charge in [-0.25, -0.2) is 4.79 Å². The quantitative estimate of drug-likeness (QED) is 0.826. The fourth-order valence-corrected chi connectivity index (χ4v) is 4.19. The average Bonchev–Trinajstić information content (AvgIpc) is 3.27. The highest BCUT2D eigenvalue weighted by Gasteiger charge is 2.34. The highest BCUT2D eigenvalue weighted by molar-refractivity contribution is 5.74. The van der Waals surface area contributed by atoms with E-state index < -0.39 is 0 Å². The lowest BCUT2D eigenvalue weighted by Crippen LogP contribution is -2.45. The summed E-state index contributed by atoms with van der Waals surface area (Å²) in [7, 11) is 5.71. The standard InChI is InChI=1S/C19H29N7O/c1-22(2)19(27)25-10-5-4-8-16(25)18-21-20-17-14-24(11-12-26(17)18)13-15-7-6-9-23(15)3/h6-7,9,16H,4-5,8,10-14H2,1-3H3. The van der Waals surface area contributed by atoms with Crippen molar-refractivity contribution in [3.05, 3.63) is 35.7 Å². The number of piperidine rings is 1. The minimum Gasteiger partial charge on any atom is -0.353 e. The van der Waals surface area contributed by atoms with Crippen LogP contribution in [-0.2, 0) is 26.7 Å². The van der Waals surface area contributed by atoms with E-state index in [1.165, 1.54) is 5.69 Å². The Balaban J connectivity index is 1.52. The lowest BCUT2D eigenvalue weighted by atomic mass is 10.0. The van der Waals surface area contributed by atoms with Crippen LogP contribution in [0.25, 0.3) is 0 Å². The normalized spacial score (nSPS) is 20.6. The number of amides is 2. The molecule has 0 spiro atoms. The summed E-state index contributed by atoms with van der Waals surface area (Å²) in [6.45, 7) is 4.36. The van der Waals surface area contributed by atoms with Gasteiger partial charge in [0.25, 0.3) is 0 Å². The molecule has 1 fully saturated rings. The Morgan fingerprint density at radius 2 is 2.07 bits per heavy atom. The van der Waals surface area contributed by atoms with Crippen molar-refractivity contribution in [3.8, 4) is 0 Å². The van der Waals surface area contributed by atoms with Crippen LogP contribution >= 0.6 is 0 Å². The van der Waals surface area contributed by atoms with E-state index in [2.05, 4.69) is 49.6 Å². The molecule has 0 saturated carbocycles. The first-order chi connectivity index (χ1) is 13.0. The highest BCUT2D eigenvalue weighted by atomic mass is 16.2. The van der Waals surface area contributed by atoms with Gasteiger partial charge in [-0.15, -0.1) is 10.2 Å². The summed E-state index contributed by atoms with van der Waals surface area (Å²) in [5.41, 5.74) is 1.30. The first-order valence-corrected chi connectivity index (χ1v) is 9.77. The molecule has 27 heavy (non-hydrogen) atoms. The minimum atomic E-state index is 0.0364. The zero-order chi connectivity index (χ0) is 19.0. The molecule has 2 amide bonds. The Labute approximate surface area is 160 Å². The number of aromatic nitrogens is 4. The van der Waals surface area contributed by atoms with Crippen molar-refractivity contribution in [2.45, 2.75) is 44.9 Å². The molecule has 2 aromatic rings. The monoisotopic (exact) mass is 371 g/mol. The lowest BCUT2D eigenvalue weighted by Gasteiger charge is -2.37. The van der Waals surface area contributed by atoms with Crippen LogP contribution < -0.4 is 0 Å². The number of fused-ring (bicyclic) bond motifs is 1. The van der Waals surface area contributed by atoms with Crippen LogP contribution in [0.5, 0.6) is 0 Å². The van der Waals surface area contributed by atoms with Gasteiger partial charge < -0.3 is 18.9 Å². The third-order valence-electron chi connectivity index (χ3n) is 5.73. The second-order valence-corrected chi connectivity index (χ2v) is 7.83. The smallest absolute Gasteiger partial charge is 0.320 e. The molecule has 2 aliphatic heterocycles. The van der Waals surface area contributed by atoms with Crippen molar-refractivity contribution in [3.63, 3.8) is 0 Å². The summed E-state index contributed by atoms with van der Waals surface area (Å²) >= 11 is 0. The molecule has 4 rings (SSSR count). The van der Waals surface area contributed by atoms with Crippen LogP contribution in [-0.4, -0.2) is 67.2 Å². The zero-order valence-corrected chi connectivity index (χ0v) is 16.5. The molecule has 2 aliphatic rings. The topological polar surface area (TPSA) is 62.4 Å². The molecule has 8 nitrogen and oxygen atoms in total. The Morgan fingerprint density at radius 3 is 2.81 bits per heavy atom. The van der Waals surface area contributed by atoms with Crippen molar-refractivity contribution < 1.29 is 4.79 Å². The van der Waals surface area contributed by atoms with Gasteiger partial charge >= 0.3 is 6.03 Å². The van der Waals surface area contributed by atoms with Crippen LogP contribution in [0.15, 0.2) is 18.3 Å². The van der Waals surface area contributed by atoms with Gasteiger partial charge in [-0.05, 0) is 31.4 Å². The van der Waals surface area contributed by atoms with Gasteiger partial charge in [-0.2, -0.15) is 0 Å². The molecule has 2 aromatic heterocycles. The number of nitrogens with zero attached hydrogens (tertiary/aromatic N) is 7. The van der Waals surface area contributed by atoms with E-state index in [1.807, 2.05) is 19.0 Å². The SMILES string of the molecule is CN(C)C(=O)N1CCCCC1c1nnc2n1CCN(Cc1cccn1C)C2. The van der Waals surface area contributed by atoms with Crippen LogP contribution in [0.2, 0.25) is 0 Å². The van der Waals surface area contributed by atoms with Gasteiger partial charge in [0.1, 0.15) is 5.82 Å². The van der Waals surface area contributed by atoms with Crippen LogP contribution in [0, 0.1) is 0 Å². The first kappa shape index (κ1) is 18.0. The Hall–Kier alpha value is -2.35. The summed E-state index contributed by atoms with van der Waals surface area (Å²) in [6.07, 6.45) is 5.23. The molecule has 0 radical (unpaired) electrons. The second-order valence-electron chi connectivity index (χ2n) is 7.83. The van der Waals surface area contributed by atoms with Crippen LogP contribution in [0.1, 0.15) is 42.6 Å². The molecule has 1 atom stereocenters. The number of urea groups is 1. The van der Waals surface area contributed by atoms with E-state index in [4.69, 9.17) is 0 Å². The highest BCUT2D eigenvalue weighted by Crippen LogP contribution is 2.32. The number of hydrogen-bond donors (Lipinski definition) is 0. The van der Waals surface area contributed by atoms with Crippen LogP contribution in [0.3, 0.4) is 0 Å². The first-order valence-electron chi connectivity index (χ1n) is 9.77. The van der Waals surface area contributed by atoms with E-state index in [-0.39, 0.29) is 12.1 Å². The fourth-order valence-electron chi connectivity index (χ4n) is 4.19. The van der Waals surface area contributed by atoms with E-state index in [0.29, 0.717) is 0 Å². The number of rotatable bonds is 3. The van der Waals surface area contributed by atoms with Crippen LogP contribution in [0.4, 0.5) is 4.79 Å². The van der Waals surface area contributed by atoms with Gasteiger partial charge in [0.2, 0.25) is 0 Å². The van der Waals surface area contributed by atoms with Crippen molar-refractivity contribution in [1.29, 1.82) is 0 Å². The average molecular weight is 371 g/mol. The molecule has 0 bridgehead atoms. The van der Waals surface area contributed by atoms with Crippen molar-refractivity contribution in [2.24, 2.45) is 7.05 Å². The summed E-state index contributed by atoms with van der Waals surface area (Å²) in [5.74, 6) is 1.96. The van der Waals surface area contributed by atoms with E-state index in [0.717, 1.165) is 63.6 Å². The molecule has 0 N–H and O–H groups in total. The van der Waals surface area contributed by atoms with Crippen molar-refractivity contribution >= 4 is 6.03 Å². The number of carbonyl (C=O) groups excluding carboxylic acids is 1. The van der Waals surface area contributed by atoms with E-state index in [1.54, 1.807) is 4.90 Å². The van der Waals surface area contributed by atoms with Gasteiger partial charge in [-0.3, -0.25) is 4.90 Å². The number of likely N-dealkylation sites (tertiary alicyclic amines) is 1. The zero-order valence-electron chi connectivity index (χ0n) is 16.5. The molecule has 1 unspecified atom stereocenters. The maximum atomic E-state index is 12.6. The molecule has 8 heteroatoms. The third kappa shape index (κ3) is 3.45. The maximum Gasteiger partial charge on any atom is 0.320 e. The number of aryl methyl sites for hydroxylation is 1. The minimum absolute atomic E-state index is 0.0364. The lowest BCUT2D eigenvalue weighted by molar-refractivity contribution is 0.121. The Kier molecular flexibility index (Phi) is 4.90. The van der Waals surface area contributed by atoms with Gasteiger partial charge in [0, 0.05) is 59.2 Å². The summed E-state index contributed by atoms with van der Waals surface area (Å²) < 4.78 is 4.41. The van der Waals surface area contributed by atoms with E-state index >= 15 is 0 Å². The molecular weight excluding hydrogens is 342 g/mol. The van der Waals surface area contributed by atoms with Gasteiger partial charge in [0.05, 0.1) is 12.6 Å². The Morgan fingerprint density at radius 1 is 1.22 bits per heavy atom. The molecule has 146 valence electrons. The number of carbonyl (C=O) groups is 1. The fraction of sp³-hybridized carbons (Fsp3) is 0.632. The van der Waals surface area contributed by atoms with Gasteiger partial charge in [-0.1, -0.05) is 0 Å².